The molecule has 0 radical (unpaired) electrons. The van der Waals surface area contributed by atoms with Crippen molar-refractivity contribution in [3.8, 4) is 5.75 Å². The van der Waals surface area contributed by atoms with Crippen molar-refractivity contribution in [3.05, 3.63) is 39.4 Å². The fourth-order valence-corrected chi connectivity index (χ4v) is 1.47. The van der Waals surface area contributed by atoms with Gasteiger partial charge in [0.1, 0.15) is 12.4 Å². The number of benzene rings is 1. The molecule has 0 aromatic heterocycles. The minimum absolute atomic E-state index is 0.0211. The van der Waals surface area contributed by atoms with Crippen LogP contribution >= 0.6 is 11.6 Å². The Morgan fingerprint density at radius 2 is 2.00 bits per heavy atom. The summed E-state index contributed by atoms with van der Waals surface area (Å²) in [5.74, 6) is 0.0930. The number of rotatable bonds is 7. The predicted octanol–water partition coefficient (Wildman–Crippen LogP) is 1.82. The molecule has 20 heavy (non-hydrogen) atoms. The maximum Gasteiger partial charge on any atom is 0.294 e. The number of hydrogen-bond donors (Lipinski definition) is 1. The van der Waals surface area contributed by atoms with Crippen molar-refractivity contribution < 1.29 is 19.5 Å². The van der Waals surface area contributed by atoms with Gasteiger partial charge in [0.25, 0.3) is 11.0 Å². The molecule has 0 saturated carbocycles. The first-order valence-corrected chi connectivity index (χ1v) is 6.19. The summed E-state index contributed by atoms with van der Waals surface area (Å²) in [5, 5.41) is 12.1. The molecule has 0 aliphatic carbocycles. The minimum Gasteiger partial charge on any atom is -0.478 e. The van der Waals surface area contributed by atoms with Crippen LogP contribution < -0.4 is 10.1 Å². The Labute approximate surface area is 120 Å². The molecule has 0 aliphatic heterocycles. The SMILES string of the molecule is CC(C)(Oc1ccc(Cl)cc1)C(=O)NCCO[N+](=O)[O-]. The molecule has 0 atom stereocenters. The average molecular weight is 303 g/mol. The van der Waals surface area contributed by atoms with Crippen LogP contribution in [0.1, 0.15) is 13.8 Å². The first-order valence-electron chi connectivity index (χ1n) is 5.81. The van der Waals surface area contributed by atoms with E-state index < -0.39 is 16.6 Å². The molecule has 1 rings (SSSR count). The Bertz CT molecular complexity index is 475. The van der Waals surface area contributed by atoms with Gasteiger partial charge < -0.3 is 14.9 Å². The van der Waals surface area contributed by atoms with Crippen LogP contribution in [-0.4, -0.2) is 29.7 Å². The Morgan fingerprint density at radius 1 is 1.40 bits per heavy atom. The van der Waals surface area contributed by atoms with Crippen molar-refractivity contribution in [2.45, 2.75) is 19.4 Å². The maximum absolute atomic E-state index is 11.9. The zero-order valence-corrected chi connectivity index (χ0v) is 11.8. The van der Waals surface area contributed by atoms with Crippen LogP contribution in [0.15, 0.2) is 24.3 Å². The highest BCUT2D eigenvalue weighted by Crippen LogP contribution is 2.20. The maximum atomic E-state index is 11.9. The van der Waals surface area contributed by atoms with Crippen molar-refractivity contribution in [3.63, 3.8) is 0 Å². The normalized spacial score (nSPS) is 10.8. The topological polar surface area (TPSA) is 90.7 Å². The molecular weight excluding hydrogens is 288 g/mol. The molecule has 0 spiro atoms. The van der Waals surface area contributed by atoms with Gasteiger partial charge in [-0.2, -0.15) is 0 Å². The van der Waals surface area contributed by atoms with Crippen molar-refractivity contribution in [2.75, 3.05) is 13.2 Å². The van der Waals surface area contributed by atoms with Crippen LogP contribution in [0.2, 0.25) is 5.02 Å². The third-order valence-electron chi connectivity index (χ3n) is 2.32. The summed E-state index contributed by atoms with van der Waals surface area (Å²) in [6.07, 6.45) is 0. The van der Waals surface area contributed by atoms with Gasteiger partial charge in [-0.25, -0.2) is 0 Å². The Balaban J connectivity index is 2.48. The van der Waals surface area contributed by atoms with E-state index in [0.29, 0.717) is 10.8 Å². The average Bonchev–Trinajstić information content (AvgIpc) is 2.36. The Morgan fingerprint density at radius 3 is 2.55 bits per heavy atom. The van der Waals surface area contributed by atoms with Gasteiger partial charge >= 0.3 is 0 Å². The lowest BCUT2D eigenvalue weighted by Crippen LogP contribution is -2.47. The van der Waals surface area contributed by atoms with Crippen molar-refractivity contribution >= 4 is 17.5 Å². The summed E-state index contributed by atoms with van der Waals surface area (Å²) < 4.78 is 5.55. The van der Waals surface area contributed by atoms with E-state index in [-0.39, 0.29) is 13.2 Å². The smallest absolute Gasteiger partial charge is 0.294 e. The summed E-state index contributed by atoms with van der Waals surface area (Å²) in [4.78, 5) is 25.9. The molecule has 0 aliphatic rings. The van der Waals surface area contributed by atoms with Gasteiger partial charge in [-0.1, -0.05) is 11.6 Å². The number of nitrogens with zero attached hydrogens (tertiary/aromatic N) is 1. The second-order valence-corrected chi connectivity index (χ2v) is 4.82. The van der Waals surface area contributed by atoms with Crippen molar-refractivity contribution in [2.24, 2.45) is 0 Å². The van der Waals surface area contributed by atoms with E-state index in [4.69, 9.17) is 16.3 Å². The van der Waals surface area contributed by atoms with Crippen LogP contribution in [0, 0.1) is 10.1 Å². The quantitative estimate of drug-likeness (QED) is 0.471. The molecule has 1 N–H and O–H groups in total. The molecular formula is C12H15ClN2O5. The van der Waals surface area contributed by atoms with Gasteiger partial charge in [-0.15, -0.1) is 10.1 Å². The number of halogens is 1. The van der Waals surface area contributed by atoms with E-state index in [9.17, 15) is 14.9 Å². The summed E-state index contributed by atoms with van der Waals surface area (Å²) in [6, 6.07) is 6.59. The number of hydrogen-bond acceptors (Lipinski definition) is 5. The number of carbonyl (C=O) groups excluding carboxylic acids is 1. The molecule has 1 aromatic rings. The number of ether oxygens (including phenoxy) is 1. The highest BCUT2D eigenvalue weighted by atomic mass is 35.5. The molecule has 0 unspecified atom stereocenters. The molecule has 7 nitrogen and oxygen atoms in total. The van der Waals surface area contributed by atoms with E-state index >= 15 is 0 Å². The first kappa shape index (κ1) is 16.0. The van der Waals surface area contributed by atoms with E-state index in [0.717, 1.165) is 0 Å². The van der Waals surface area contributed by atoms with Crippen molar-refractivity contribution in [1.82, 2.24) is 5.32 Å². The van der Waals surface area contributed by atoms with Crippen LogP contribution in [0.25, 0.3) is 0 Å². The molecule has 0 bridgehead atoms. The van der Waals surface area contributed by atoms with E-state index in [1.54, 1.807) is 38.1 Å². The van der Waals surface area contributed by atoms with Gasteiger partial charge in [0.15, 0.2) is 5.60 Å². The molecule has 110 valence electrons. The van der Waals surface area contributed by atoms with Crippen molar-refractivity contribution in [1.29, 1.82) is 0 Å². The van der Waals surface area contributed by atoms with Gasteiger partial charge in [-0.3, -0.25) is 4.79 Å². The van der Waals surface area contributed by atoms with E-state index in [1.165, 1.54) is 0 Å². The predicted molar refractivity (Wildman–Crippen MR) is 72.1 cm³/mol. The zero-order valence-electron chi connectivity index (χ0n) is 11.1. The lowest BCUT2D eigenvalue weighted by atomic mass is 10.1. The fourth-order valence-electron chi connectivity index (χ4n) is 1.34. The summed E-state index contributed by atoms with van der Waals surface area (Å²) in [5.41, 5.74) is -1.12. The molecule has 0 saturated heterocycles. The molecule has 0 fully saturated rings. The second-order valence-electron chi connectivity index (χ2n) is 4.38. The number of amides is 1. The molecule has 0 heterocycles. The highest BCUT2D eigenvalue weighted by molar-refractivity contribution is 6.30. The van der Waals surface area contributed by atoms with Crippen LogP contribution in [0.4, 0.5) is 0 Å². The van der Waals surface area contributed by atoms with Gasteiger partial charge in [-0.05, 0) is 38.1 Å². The van der Waals surface area contributed by atoms with Crippen LogP contribution in [0.3, 0.4) is 0 Å². The third-order valence-corrected chi connectivity index (χ3v) is 2.57. The summed E-state index contributed by atoms with van der Waals surface area (Å²) in [7, 11) is 0. The largest absolute Gasteiger partial charge is 0.478 e. The summed E-state index contributed by atoms with van der Waals surface area (Å²) >= 11 is 5.75. The third kappa shape index (κ3) is 5.31. The first-order chi connectivity index (χ1) is 9.31. The lowest BCUT2D eigenvalue weighted by Gasteiger charge is -2.25. The standard InChI is InChI=1S/C12H15ClN2O5/c1-12(2,11(16)14-7-8-19-15(17)18)20-10-5-3-9(13)4-6-10/h3-6H,7-8H2,1-2H3,(H,14,16). The number of carbonyl (C=O) groups is 1. The minimum atomic E-state index is -1.12. The fraction of sp³-hybridized carbons (Fsp3) is 0.417. The van der Waals surface area contributed by atoms with Gasteiger partial charge in [0.2, 0.25) is 0 Å². The zero-order chi connectivity index (χ0) is 15.2. The Kier molecular flexibility index (Phi) is 5.57. The van der Waals surface area contributed by atoms with Gasteiger partial charge in [0.05, 0.1) is 0 Å². The van der Waals surface area contributed by atoms with E-state index in [2.05, 4.69) is 10.2 Å². The highest BCUT2D eigenvalue weighted by Gasteiger charge is 2.29. The van der Waals surface area contributed by atoms with Crippen LogP contribution in [0.5, 0.6) is 5.75 Å². The summed E-state index contributed by atoms with van der Waals surface area (Å²) in [6.45, 7) is 2.99. The van der Waals surface area contributed by atoms with E-state index in [1.807, 2.05) is 0 Å². The monoisotopic (exact) mass is 302 g/mol. The molecule has 8 heteroatoms. The van der Waals surface area contributed by atoms with Gasteiger partial charge in [0, 0.05) is 11.6 Å². The Hall–Kier alpha value is -2.02. The second kappa shape index (κ2) is 6.95. The lowest BCUT2D eigenvalue weighted by molar-refractivity contribution is -0.757. The van der Waals surface area contributed by atoms with Crippen LogP contribution in [-0.2, 0) is 9.63 Å². The molecule has 1 aromatic carbocycles. The number of nitrogens with one attached hydrogen (secondary N) is 1. The molecule has 1 amide bonds.